The molecule has 0 radical (unpaired) electrons. The van der Waals surface area contributed by atoms with Gasteiger partial charge in [0.15, 0.2) is 0 Å². The smallest absolute Gasteiger partial charge is 0.208 e. The van der Waals surface area contributed by atoms with E-state index in [0.29, 0.717) is 13.1 Å². The quantitative estimate of drug-likeness (QED) is 0.617. The highest BCUT2D eigenvalue weighted by Crippen LogP contribution is 2.11. The molecule has 0 amide bonds. The number of rotatable bonds is 6. The molecule has 0 saturated heterocycles. The topological polar surface area (TPSA) is 83.1 Å². The summed E-state index contributed by atoms with van der Waals surface area (Å²) in [5, 5.41) is 6.03. The molecule has 6 nitrogen and oxygen atoms in total. The van der Waals surface area contributed by atoms with E-state index in [1.807, 2.05) is 13.1 Å². The fourth-order valence-corrected chi connectivity index (χ4v) is 1.59. The first kappa shape index (κ1) is 12.7. The third-order valence-electron chi connectivity index (χ3n) is 1.85. The van der Waals surface area contributed by atoms with Crippen LogP contribution in [0.4, 0.5) is 11.4 Å². The van der Waals surface area contributed by atoms with Crippen LogP contribution in [-0.2, 0) is 10.0 Å². The molecule has 1 aromatic heterocycles. The molecule has 0 aliphatic carbocycles. The van der Waals surface area contributed by atoms with Gasteiger partial charge in [-0.3, -0.25) is 4.98 Å². The molecule has 0 aliphatic rings. The van der Waals surface area contributed by atoms with Crippen molar-refractivity contribution in [3.05, 3.63) is 18.5 Å². The van der Waals surface area contributed by atoms with Crippen LogP contribution in [0.1, 0.15) is 0 Å². The molecule has 90 valence electrons. The maximum absolute atomic E-state index is 10.8. The highest BCUT2D eigenvalue weighted by atomic mass is 32.2. The lowest BCUT2D eigenvalue weighted by Gasteiger charge is -2.07. The molecule has 0 bridgehead atoms. The lowest BCUT2D eigenvalue weighted by atomic mass is 10.3. The van der Waals surface area contributed by atoms with Gasteiger partial charge in [0, 0.05) is 20.1 Å². The highest BCUT2D eigenvalue weighted by Gasteiger charge is 1.99. The molecule has 7 heteroatoms. The number of hydrogen-bond donors (Lipinski definition) is 3. The molecular weight excluding hydrogens is 228 g/mol. The van der Waals surface area contributed by atoms with Crippen molar-refractivity contribution in [2.45, 2.75) is 0 Å². The number of hydrogen-bond acceptors (Lipinski definition) is 5. The minimum Gasteiger partial charge on any atom is -0.387 e. The number of anilines is 2. The molecule has 1 rings (SSSR count). The van der Waals surface area contributed by atoms with Gasteiger partial charge < -0.3 is 10.6 Å². The van der Waals surface area contributed by atoms with E-state index >= 15 is 0 Å². The number of nitrogens with one attached hydrogen (secondary N) is 3. The Morgan fingerprint density at radius 3 is 2.56 bits per heavy atom. The van der Waals surface area contributed by atoms with Gasteiger partial charge in [-0.25, -0.2) is 13.1 Å². The summed E-state index contributed by atoms with van der Waals surface area (Å²) in [6, 6.07) is 1.90. The van der Waals surface area contributed by atoms with Crippen LogP contribution in [0, 0.1) is 0 Å². The minimum atomic E-state index is -3.11. The van der Waals surface area contributed by atoms with E-state index < -0.39 is 10.0 Å². The monoisotopic (exact) mass is 244 g/mol. The Hall–Kier alpha value is -1.34. The zero-order valence-electron chi connectivity index (χ0n) is 9.32. The van der Waals surface area contributed by atoms with Gasteiger partial charge in [-0.2, -0.15) is 0 Å². The molecule has 0 fully saturated rings. The van der Waals surface area contributed by atoms with E-state index in [9.17, 15) is 8.42 Å². The molecule has 0 aromatic carbocycles. The van der Waals surface area contributed by atoms with E-state index in [1.54, 1.807) is 12.4 Å². The first-order chi connectivity index (χ1) is 7.51. The average Bonchev–Trinajstić information content (AvgIpc) is 2.23. The Kier molecular flexibility index (Phi) is 4.51. The first-order valence-electron chi connectivity index (χ1n) is 4.82. The SMILES string of the molecule is CNc1cncc(NCCNS(C)(=O)=O)c1. The van der Waals surface area contributed by atoms with Crippen LogP contribution in [0.25, 0.3) is 0 Å². The number of aromatic nitrogens is 1. The van der Waals surface area contributed by atoms with Crippen molar-refractivity contribution in [1.29, 1.82) is 0 Å². The summed E-state index contributed by atoms with van der Waals surface area (Å²) < 4.78 is 24.0. The summed E-state index contributed by atoms with van der Waals surface area (Å²) in [7, 11) is -1.30. The largest absolute Gasteiger partial charge is 0.387 e. The van der Waals surface area contributed by atoms with Crippen LogP contribution in [0.5, 0.6) is 0 Å². The summed E-state index contributed by atoms with van der Waals surface area (Å²) in [6.45, 7) is 0.866. The Balaban J connectivity index is 2.37. The molecule has 3 N–H and O–H groups in total. The summed E-state index contributed by atoms with van der Waals surface area (Å²) in [5.74, 6) is 0. The van der Waals surface area contributed by atoms with Crippen molar-refractivity contribution in [1.82, 2.24) is 9.71 Å². The van der Waals surface area contributed by atoms with Crippen LogP contribution in [0.2, 0.25) is 0 Å². The van der Waals surface area contributed by atoms with Crippen molar-refractivity contribution >= 4 is 21.4 Å². The predicted octanol–water partition coefficient (Wildman–Crippen LogP) is 0.0844. The fraction of sp³-hybridized carbons (Fsp3) is 0.444. The number of sulfonamides is 1. The Morgan fingerprint density at radius 2 is 1.94 bits per heavy atom. The summed E-state index contributed by atoms with van der Waals surface area (Å²) in [6.07, 6.45) is 4.53. The van der Waals surface area contributed by atoms with Crippen LogP contribution < -0.4 is 15.4 Å². The minimum absolute atomic E-state index is 0.350. The zero-order valence-corrected chi connectivity index (χ0v) is 10.1. The first-order valence-corrected chi connectivity index (χ1v) is 6.72. The van der Waals surface area contributed by atoms with Gasteiger partial charge in [-0.15, -0.1) is 0 Å². The average molecular weight is 244 g/mol. The molecule has 1 heterocycles. The van der Waals surface area contributed by atoms with E-state index in [4.69, 9.17) is 0 Å². The summed E-state index contributed by atoms with van der Waals surface area (Å²) >= 11 is 0. The number of nitrogens with zero attached hydrogens (tertiary/aromatic N) is 1. The van der Waals surface area contributed by atoms with Gasteiger partial charge >= 0.3 is 0 Å². The third-order valence-corrected chi connectivity index (χ3v) is 2.57. The lowest BCUT2D eigenvalue weighted by molar-refractivity contribution is 0.589. The molecule has 0 aliphatic heterocycles. The van der Waals surface area contributed by atoms with Crippen molar-refractivity contribution < 1.29 is 8.42 Å². The van der Waals surface area contributed by atoms with Gasteiger partial charge in [-0.05, 0) is 6.07 Å². The molecular formula is C9H16N4O2S. The summed E-state index contributed by atoms with van der Waals surface area (Å²) in [5.41, 5.74) is 1.75. The van der Waals surface area contributed by atoms with E-state index in [2.05, 4.69) is 20.3 Å². The Labute approximate surface area is 95.5 Å². The second-order valence-corrected chi connectivity index (χ2v) is 5.14. The standard InChI is InChI=1S/C9H16N4O2S/c1-10-8-5-9(7-11-6-8)12-3-4-13-16(2,14)15/h5-7,10,12-13H,3-4H2,1-2H3. The van der Waals surface area contributed by atoms with Gasteiger partial charge in [0.1, 0.15) is 0 Å². The molecule has 0 spiro atoms. The second-order valence-electron chi connectivity index (χ2n) is 3.31. The van der Waals surface area contributed by atoms with Crippen LogP contribution in [0.15, 0.2) is 18.5 Å². The van der Waals surface area contributed by atoms with Gasteiger partial charge in [0.05, 0.1) is 30.0 Å². The summed E-state index contributed by atoms with van der Waals surface area (Å²) in [4.78, 5) is 4.02. The van der Waals surface area contributed by atoms with Crippen LogP contribution in [-0.4, -0.2) is 39.8 Å². The van der Waals surface area contributed by atoms with E-state index in [1.165, 1.54) is 0 Å². The van der Waals surface area contributed by atoms with Crippen molar-refractivity contribution in [2.24, 2.45) is 0 Å². The van der Waals surface area contributed by atoms with Gasteiger partial charge in [0.25, 0.3) is 0 Å². The predicted molar refractivity (Wildman–Crippen MR) is 65.1 cm³/mol. The number of pyridine rings is 1. The molecule has 0 unspecified atom stereocenters. The van der Waals surface area contributed by atoms with Crippen LogP contribution >= 0.6 is 0 Å². The lowest BCUT2D eigenvalue weighted by Crippen LogP contribution is -2.27. The Morgan fingerprint density at radius 1 is 1.25 bits per heavy atom. The highest BCUT2D eigenvalue weighted by molar-refractivity contribution is 7.88. The second kappa shape index (κ2) is 5.66. The zero-order chi connectivity index (χ0) is 12.0. The van der Waals surface area contributed by atoms with E-state index in [-0.39, 0.29) is 0 Å². The molecule has 16 heavy (non-hydrogen) atoms. The fourth-order valence-electron chi connectivity index (χ4n) is 1.12. The third kappa shape index (κ3) is 4.94. The Bertz CT molecular complexity index is 433. The molecule has 0 atom stereocenters. The molecule has 1 aromatic rings. The normalized spacial score (nSPS) is 11.1. The van der Waals surface area contributed by atoms with Gasteiger partial charge in [0.2, 0.25) is 10.0 Å². The maximum Gasteiger partial charge on any atom is 0.208 e. The van der Waals surface area contributed by atoms with Crippen molar-refractivity contribution in [3.63, 3.8) is 0 Å². The maximum atomic E-state index is 10.8. The van der Waals surface area contributed by atoms with Gasteiger partial charge in [-0.1, -0.05) is 0 Å². The van der Waals surface area contributed by atoms with Crippen molar-refractivity contribution in [3.8, 4) is 0 Å². The van der Waals surface area contributed by atoms with E-state index in [0.717, 1.165) is 17.6 Å². The van der Waals surface area contributed by atoms with Crippen molar-refractivity contribution in [2.75, 3.05) is 37.0 Å². The molecule has 0 saturated carbocycles. The van der Waals surface area contributed by atoms with Crippen LogP contribution in [0.3, 0.4) is 0 Å².